The van der Waals surface area contributed by atoms with E-state index in [-0.39, 0.29) is 10.8 Å². The summed E-state index contributed by atoms with van der Waals surface area (Å²) in [6.45, 7) is 14.2. The van der Waals surface area contributed by atoms with Gasteiger partial charge < -0.3 is 15.1 Å². The third kappa shape index (κ3) is 5.57. The molecule has 0 heterocycles. The summed E-state index contributed by atoms with van der Waals surface area (Å²) in [5.41, 5.74) is 3.87. The van der Waals surface area contributed by atoms with E-state index in [0.717, 1.165) is 23.2 Å². The van der Waals surface area contributed by atoms with Crippen LogP contribution in [0.5, 0.6) is 5.75 Å². The fourth-order valence-corrected chi connectivity index (χ4v) is 3.48. The summed E-state index contributed by atoms with van der Waals surface area (Å²) in [5, 5.41) is 21.4. The Hall–Kier alpha value is -1.84. The SMILES string of the molecule is C[NH+](Cc1cc(C(C)(C)C)c(O)c(C(C)(C)C)c1)C[C@H](O)c1ccccc1. The van der Waals surface area contributed by atoms with E-state index in [4.69, 9.17) is 0 Å². The molecule has 0 bridgehead atoms. The summed E-state index contributed by atoms with van der Waals surface area (Å²) in [7, 11) is 2.10. The quantitative estimate of drug-likeness (QED) is 0.751. The number of hydrogen-bond donors (Lipinski definition) is 3. The molecular formula is C24H36NO2+. The third-order valence-electron chi connectivity index (χ3n) is 5.02. The molecule has 2 aromatic rings. The predicted octanol–water partition coefficient (Wildman–Crippen LogP) is 3.74. The van der Waals surface area contributed by atoms with E-state index >= 15 is 0 Å². The molecule has 2 aromatic carbocycles. The largest absolute Gasteiger partial charge is 0.507 e. The normalized spacial score (nSPS) is 14.8. The lowest BCUT2D eigenvalue weighted by Gasteiger charge is -2.28. The van der Waals surface area contributed by atoms with E-state index in [2.05, 4.69) is 60.7 Å². The van der Waals surface area contributed by atoms with Crippen molar-refractivity contribution in [3.8, 4) is 5.75 Å². The Morgan fingerprint density at radius 1 is 0.889 bits per heavy atom. The molecule has 0 aliphatic heterocycles. The van der Waals surface area contributed by atoms with E-state index < -0.39 is 6.10 Å². The molecule has 1 unspecified atom stereocenters. The van der Waals surface area contributed by atoms with Crippen LogP contribution in [-0.2, 0) is 17.4 Å². The molecular weight excluding hydrogens is 334 g/mol. The molecule has 0 spiro atoms. The average molecular weight is 371 g/mol. The highest BCUT2D eigenvalue weighted by molar-refractivity contribution is 5.49. The molecule has 0 amide bonds. The van der Waals surface area contributed by atoms with Gasteiger partial charge in [0, 0.05) is 16.7 Å². The Morgan fingerprint density at radius 3 is 1.81 bits per heavy atom. The number of aliphatic hydroxyl groups excluding tert-OH is 1. The van der Waals surface area contributed by atoms with Crippen molar-refractivity contribution < 1.29 is 15.1 Å². The fourth-order valence-electron chi connectivity index (χ4n) is 3.48. The molecule has 0 aromatic heterocycles. The van der Waals surface area contributed by atoms with Gasteiger partial charge >= 0.3 is 0 Å². The number of hydrogen-bond acceptors (Lipinski definition) is 2. The number of likely N-dealkylation sites (N-methyl/N-ethyl adjacent to an activating group) is 1. The standard InChI is InChI=1S/C24H35NO2/c1-23(2,3)19-13-17(14-20(22(19)27)24(4,5)6)15-25(7)16-21(26)18-11-9-8-10-12-18/h8-14,21,26-27H,15-16H2,1-7H3/p+1/t21-/m0/s1. The summed E-state index contributed by atoms with van der Waals surface area (Å²) < 4.78 is 0. The lowest BCUT2D eigenvalue weighted by Crippen LogP contribution is -3.08. The maximum absolute atomic E-state index is 10.9. The minimum absolute atomic E-state index is 0.127. The van der Waals surface area contributed by atoms with Gasteiger partial charge in [-0.2, -0.15) is 0 Å². The Labute approximate surface area is 164 Å². The van der Waals surface area contributed by atoms with Crippen LogP contribution in [0.4, 0.5) is 0 Å². The molecule has 3 N–H and O–H groups in total. The Bertz CT molecular complexity index is 719. The first-order valence-corrected chi connectivity index (χ1v) is 9.80. The molecule has 27 heavy (non-hydrogen) atoms. The maximum Gasteiger partial charge on any atom is 0.128 e. The molecule has 0 aliphatic rings. The molecule has 148 valence electrons. The highest BCUT2D eigenvalue weighted by Gasteiger charge is 2.27. The van der Waals surface area contributed by atoms with Crippen molar-refractivity contribution in [3.05, 3.63) is 64.7 Å². The van der Waals surface area contributed by atoms with Crippen LogP contribution in [-0.4, -0.2) is 23.8 Å². The summed E-state index contributed by atoms with van der Waals surface area (Å²) in [6, 6.07) is 14.1. The molecule has 0 saturated carbocycles. The van der Waals surface area contributed by atoms with Crippen molar-refractivity contribution in [3.63, 3.8) is 0 Å². The van der Waals surface area contributed by atoms with Crippen LogP contribution in [0.15, 0.2) is 42.5 Å². The Kier molecular flexibility index (Phi) is 6.39. The van der Waals surface area contributed by atoms with E-state index in [9.17, 15) is 10.2 Å². The molecule has 0 saturated heterocycles. The zero-order chi connectivity index (χ0) is 20.4. The van der Waals surface area contributed by atoms with Gasteiger partial charge in [-0.15, -0.1) is 0 Å². The van der Waals surface area contributed by atoms with Crippen LogP contribution < -0.4 is 4.90 Å². The van der Waals surface area contributed by atoms with Crippen molar-refractivity contribution >= 4 is 0 Å². The molecule has 0 radical (unpaired) electrons. The molecule has 2 rings (SSSR count). The fraction of sp³-hybridized carbons (Fsp3) is 0.500. The van der Waals surface area contributed by atoms with Gasteiger partial charge in [-0.25, -0.2) is 0 Å². The van der Waals surface area contributed by atoms with Crippen molar-refractivity contribution in [2.45, 2.75) is 65.0 Å². The minimum Gasteiger partial charge on any atom is -0.507 e. The zero-order valence-electron chi connectivity index (χ0n) is 17.9. The molecule has 3 nitrogen and oxygen atoms in total. The van der Waals surface area contributed by atoms with Crippen LogP contribution >= 0.6 is 0 Å². The third-order valence-corrected chi connectivity index (χ3v) is 5.02. The van der Waals surface area contributed by atoms with Gasteiger partial charge in [0.05, 0.1) is 7.05 Å². The first kappa shape index (κ1) is 21.5. The van der Waals surface area contributed by atoms with Gasteiger partial charge in [-0.05, 0) is 28.5 Å². The van der Waals surface area contributed by atoms with E-state index in [1.54, 1.807) is 0 Å². The number of aliphatic hydroxyl groups is 1. The second-order valence-corrected chi connectivity index (χ2v) is 9.80. The summed E-state index contributed by atoms with van der Waals surface area (Å²) >= 11 is 0. The topological polar surface area (TPSA) is 44.9 Å². The molecule has 0 aliphatic carbocycles. The van der Waals surface area contributed by atoms with Crippen molar-refractivity contribution in [2.24, 2.45) is 0 Å². The summed E-state index contributed by atoms with van der Waals surface area (Å²) in [4.78, 5) is 1.23. The van der Waals surface area contributed by atoms with Crippen LogP contribution in [0.25, 0.3) is 0 Å². The lowest BCUT2D eigenvalue weighted by atomic mass is 9.78. The highest BCUT2D eigenvalue weighted by atomic mass is 16.3. The molecule has 3 heteroatoms. The van der Waals surface area contributed by atoms with Gasteiger partial charge in [-0.3, -0.25) is 0 Å². The van der Waals surface area contributed by atoms with Gasteiger partial charge in [0.2, 0.25) is 0 Å². The van der Waals surface area contributed by atoms with Gasteiger partial charge in [0.1, 0.15) is 24.9 Å². The first-order valence-electron chi connectivity index (χ1n) is 9.80. The number of aromatic hydroxyl groups is 1. The van der Waals surface area contributed by atoms with Crippen LogP contribution in [0.2, 0.25) is 0 Å². The number of benzene rings is 2. The van der Waals surface area contributed by atoms with Gasteiger partial charge in [0.25, 0.3) is 0 Å². The summed E-state index contributed by atoms with van der Waals surface area (Å²) in [5.74, 6) is 0.417. The number of quaternary nitrogens is 1. The minimum atomic E-state index is -0.479. The predicted molar refractivity (Wildman–Crippen MR) is 112 cm³/mol. The van der Waals surface area contributed by atoms with Crippen molar-refractivity contribution in [2.75, 3.05) is 13.6 Å². The monoisotopic (exact) mass is 370 g/mol. The lowest BCUT2D eigenvalue weighted by molar-refractivity contribution is -0.897. The second-order valence-electron chi connectivity index (χ2n) is 9.80. The van der Waals surface area contributed by atoms with E-state index in [1.165, 1.54) is 10.5 Å². The van der Waals surface area contributed by atoms with Crippen LogP contribution in [0.3, 0.4) is 0 Å². The second kappa shape index (κ2) is 8.04. The van der Waals surface area contributed by atoms with Gasteiger partial charge in [0.15, 0.2) is 0 Å². The van der Waals surface area contributed by atoms with Gasteiger partial charge in [-0.1, -0.05) is 71.9 Å². The Balaban J connectivity index is 2.27. The number of phenolic OH excluding ortho intramolecular Hbond substituents is 1. The maximum atomic E-state index is 10.9. The zero-order valence-corrected chi connectivity index (χ0v) is 17.9. The van der Waals surface area contributed by atoms with E-state index in [0.29, 0.717) is 12.3 Å². The number of nitrogens with one attached hydrogen (secondary N) is 1. The van der Waals surface area contributed by atoms with Crippen molar-refractivity contribution in [1.82, 2.24) is 0 Å². The highest BCUT2D eigenvalue weighted by Crippen LogP contribution is 2.39. The van der Waals surface area contributed by atoms with Crippen LogP contribution in [0, 0.1) is 0 Å². The molecule has 2 atom stereocenters. The number of phenols is 1. The van der Waals surface area contributed by atoms with E-state index in [1.807, 2.05) is 30.3 Å². The van der Waals surface area contributed by atoms with Crippen molar-refractivity contribution in [1.29, 1.82) is 0 Å². The Morgan fingerprint density at radius 2 is 1.37 bits per heavy atom. The molecule has 0 fully saturated rings. The van der Waals surface area contributed by atoms with Crippen LogP contribution in [0.1, 0.15) is 69.9 Å². The number of rotatable bonds is 5. The smallest absolute Gasteiger partial charge is 0.128 e. The summed E-state index contributed by atoms with van der Waals surface area (Å²) in [6.07, 6.45) is -0.479. The average Bonchev–Trinajstić information content (AvgIpc) is 2.55. The first-order chi connectivity index (χ1) is 12.4.